The van der Waals surface area contributed by atoms with Gasteiger partial charge in [-0.25, -0.2) is 0 Å². The molecule has 0 bridgehead atoms. The van der Waals surface area contributed by atoms with Crippen molar-refractivity contribution in [2.24, 2.45) is 11.3 Å². The first-order valence-corrected chi connectivity index (χ1v) is 11.8. The van der Waals surface area contributed by atoms with Gasteiger partial charge in [-0.3, -0.25) is 14.8 Å². The molecule has 8 heteroatoms. The number of benzene rings is 1. The third-order valence-electron chi connectivity index (χ3n) is 8.09. The van der Waals surface area contributed by atoms with Crippen molar-refractivity contribution < 1.29 is 10.0 Å². The fourth-order valence-electron chi connectivity index (χ4n) is 6.06. The maximum atomic E-state index is 11.1. The first-order chi connectivity index (χ1) is 15.0. The van der Waals surface area contributed by atoms with Crippen LogP contribution < -0.4 is 5.32 Å². The number of nitrogens with zero attached hydrogens (tertiary/aromatic N) is 4. The van der Waals surface area contributed by atoms with Crippen molar-refractivity contribution >= 4 is 16.6 Å². The summed E-state index contributed by atoms with van der Waals surface area (Å²) in [5.41, 5.74) is 0.987. The van der Waals surface area contributed by atoms with Crippen molar-refractivity contribution in [3.8, 4) is 5.75 Å². The Morgan fingerprint density at radius 1 is 1.13 bits per heavy atom. The zero-order valence-corrected chi connectivity index (χ0v) is 18.1. The summed E-state index contributed by atoms with van der Waals surface area (Å²) >= 11 is 0. The number of nitrogens with one attached hydrogen (secondary N) is 1. The van der Waals surface area contributed by atoms with Gasteiger partial charge in [0.2, 0.25) is 0 Å². The minimum atomic E-state index is -0.553. The number of phenolic OH excluding ortho intramolecular Hbond substituents is 1. The molecule has 168 valence electrons. The second-order valence-electron chi connectivity index (χ2n) is 9.99. The van der Waals surface area contributed by atoms with Gasteiger partial charge in [0, 0.05) is 43.4 Å². The van der Waals surface area contributed by atoms with E-state index in [0.717, 1.165) is 31.8 Å². The molecule has 3 fully saturated rings. The zero-order chi connectivity index (χ0) is 21.4. The summed E-state index contributed by atoms with van der Waals surface area (Å²) in [5.74, 6) is 0.518. The number of aromatic nitrogens is 2. The molecule has 0 atom stereocenters. The first kappa shape index (κ1) is 20.7. The third kappa shape index (κ3) is 4.28. The Hall–Kier alpha value is -2.19. The molecule has 1 saturated carbocycles. The summed E-state index contributed by atoms with van der Waals surface area (Å²) in [5, 5.41) is 29.8. The lowest BCUT2D eigenvalue weighted by Crippen LogP contribution is -2.42. The maximum absolute atomic E-state index is 11.1. The average molecular weight is 428 g/mol. The van der Waals surface area contributed by atoms with Crippen molar-refractivity contribution in [2.75, 3.05) is 32.7 Å². The molecular formula is C23H33N5O3. The van der Waals surface area contributed by atoms with Crippen LogP contribution in [0.15, 0.2) is 18.3 Å². The topological polar surface area (TPSA) is 96.5 Å². The molecule has 0 unspecified atom stereocenters. The van der Waals surface area contributed by atoms with Crippen LogP contribution in [0.4, 0.5) is 5.69 Å². The van der Waals surface area contributed by atoms with Crippen LogP contribution in [0.2, 0.25) is 0 Å². The zero-order valence-electron chi connectivity index (χ0n) is 18.1. The van der Waals surface area contributed by atoms with Crippen LogP contribution in [0, 0.1) is 21.4 Å². The Morgan fingerprint density at radius 2 is 1.84 bits per heavy atom. The predicted octanol–water partition coefficient (Wildman–Crippen LogP) is 3.85. The molecule has 2 aromatic rings. The van der Waals surface area contributed by atoms with Crippen LogP contribution in [-0.2, 0) is 0 Å². The largest absolute Gasteiger partial charge is 0.502 e. The number of hydrogen-bond acceptors (Lipinski definition) is 6. The van der Waals surface area contributed by atoms with Crippen molar-refractivity contribution in [1.82, 2.24) is 20.0 Å². The van der Waals surface area contributed by atoms with Crippen LogP contribution in [0.25, 0.3) is 10.9 Å². The minimum Gasteiger partial charge on any atom is -0.502 e. The highest BCUT2D eigenvalue weighted by Crippen LogP contribution is 2.45. The van der Waals surface area contributed by atoms with E-state index in [1.165, 1.54) is 70.3 Å². The average Bonchev–Trinajstić information content (AvgIpc) is 3.19. The van der Waals surface area contributed by atoms with Gasteiger partial charge in [-0.1, -0.05) is 0 Å². The van der Waals surface area contributed by atoms with E-state index < -0.39 is 4.92 Å². The summed E-state index contributed by atoms with van der Waals surface area (Å²) in [6, 6.07) is 3.13. The van der Waals surface area contributed by atoms with Crippen LogP contribution in [-0.4, -0.2) is 57.4 Å². The van der Waals surface area contributed by atoms with Gasteiger partial charge in [0.15, 0.2) is 5.75 Å². The lowest BCUT2D eigenvalue weighted by molar-refractivity contribution is -0.385. The Morgan fingerprint density at radius 3 is 2.52 bits per heavy atom. The number of piperidine rings is 2. The Kier molecular flexibility index (Phi) is 5.60. The molecule has 1 aromatic heterocycles. The van der Waals surface area contributed by atoms with E-state index in [2.05, 4.69) is 15.3 Å². The molecule has 31 heavy (non-hydrogen) atoms. The molecule has 1 aromatic carbocycles. The van der Waals surface area contributed by atoms with Gasteiger partial charge < -0.3 is 15.3 Å². The Labute approximate surface area is 182 Å². The number of phenols is 1. The standard InChI is InChI=1S/C23H33N5O3/c29-22-14-20-18(13-21(22)28(30)31)16-27(25-20)19-3-11-26(12-4-19)15-17-1-5-23(6-2-17)7-9-24-10-8-23/h13-14,16-17,19,24,29H,1-12,15H2. The fraction of sp³-hybridized carbons (Fsp3) is 0.696. The number of likely N-dealkylation sites (tertiary alicyclic amines) is 1. The number of rotatable bonds is 4. The van der Waals surface area contributed by atoms with E-state index in [-0.39, 0.29) is 11.4 Å². The fourth-order valence-corrected chi connectivity index (χ4v) is 6.06. The normalized spacial score (nSPS) is 23.5. The predicted molar refractivity (Wildman–Crippen MR) is 119 cm³/mol. The molecule has 0 amide bonds. The van der Waals surface area contributed by atoms with Crippen molar-refractivity contribution in [3.05, 3.63) is 28.4 Å². The highest BCUT2D eigenvalue weighted by atomic mass is 16.6. The van der Waals surface area contributed by atoms with E-state index in [1.54, 1.807) is 0 Å². The van der Waals surface area contributed by atoms with E-state index in [4.69, 9.17) is 0 Å². The Bertz CT molecular complexity index is 934. The highest BCUT2D eigenvalue weighted by molar-refractivity contribution is 5.83. The smallest absolute Gasteiger partial charge is 0.311 e. The minimum absolute atomic E-state index is 0.263. The Balaban J connectivity index is 1.15. The van der Waals surface area contributed by atoms with Crippen LogP contribution in [0.1, 0.15) is 57.4 Å². The lowest BCUT2D eigenvalue weighted by Gasteiger charge is -2.44. The van der Waals surface area contributed by atoms with E-state index in [1.807, 2.05) is 10.9 Å². The molecular weight excluding hydrogens is 394 g/mol. The lowest BCUT2D eigenvalue weighted by atomic mass is 9.65. The second-order valence-corrected chi connectivity index (χ2v) is 9.99. The number of aromatic hydroxyl groups is 1. The molecule has 3 heterocycles. The molecule has 1 aliphatic carbocycles. The molecule has 1 spiro atoms. The SMILES string of the molecule is O=[N+]([O-])c1cc2cn(C3CCN(CC4CCC5(CCNCC5)CC4)CC3)nc2cc1O. The number of hydrogen-bond donors (Lipinski definition) is 2. The number of nitro groups is 1. The molecule has 3 aliphatic rings. The molecule has 2 N–H and O–H groups in total. The monoisotopic (exact) mass is 427 g/mol. The summed E-state index contributed by atoms with van der Waals surface area (Å²) in [4.78, 5) is 13.1. The molecule has 2 saturated heterocycles. The van der Waals surface area contributed by atoms with Crippen molar-refractivity contribution in [2.45, 2.75) is 57.4 Å². The van der Waals surface area contributed by atoms with Crippen LogP contribution >= 0.6 is 0 Å². The summed E-state index contributed by atoms with van der Waals surface area (Å²) in [7, 11) is 0. The first-order valence-electron chi connectivity index (χ1n) is 11.8. The quantitative estimate of drug-likeness (QED) is 0.568. The summed E-state index contributed by atoms with van der Waals surface area (Å²) < 4.78 is 1.95. The van der Waals surface area contributed by atoms with Gasteiger partial charge in [-0.15, -0.1) is 0 Å². The number of fused-ring (bicyclic) bond motifs is 1. The van der Waals surface area contributed by atoms with Crippen LogP contribution in [0.3, 0.4) is 0 Å². The van der Waals surface area contributed by atoms with Gasteiger partial charge in [-0.2, -0.15) is 5.10 Å². The molecule has 2 aliphatic heterocycles. The maximum Gasteiger partial charge on any atom is 0.311 e. The summed E-state index contributed by atoms with van der Waals surface area (Å²) in [6.07, 6.45) is 12.3. The van der Waals surface area contributed by atoms with Crippen LogP contribution in [0.5, 0.6) is 5.75 Å². The third-order valence-corrected chi connectivity index (χ3v) is 8.09. The molecule has 0 radical (unpaired) electrons. The highest BCUT2D eigenvalue weighted by Gasteiger charge is 2.36. The number of nitro benzene ring substituents is 1. The van der Waals surface area contributed by atoms with Gasteiger partial charge in [-0.05, 0) is 75.8 Å². The van der Waals surface area contributed by atoms with Gasteiger partial charge in [0.25, 0.3) is 0 Å². The van der Waals surface area contributed by atoms with Gasteiger partial charge >= 0.3 is 5.69 Å². The van der Waals surface area contributed by atoms with Crippen molar-refractivity contribution in [1.29, 1.82) is 0 Å². The molecule has 5 rings (SSSR count). The van der Waals surface area contributed by atoms with Crippen molar-refractivity contribution in [3.63, 3.8) is 0 Å². The second kappa shape index (κ2) is 8.39. The summed E-state index contributed by atoms with van der Waals surface area (Å²) in [6.45, 7) is 5.79. The van der Waals surface area contributed by atoms with E-state index >= 15 is 0 Å². The molecule has 8 nitrogen and oxygen atoms in total. The van der Waals surface area contributed by atoms with E-state index in [0.29, 0.717) is 22.4 Å². The van der Waals surface area contributed by atoms with Gasteiger partial charge in [0.05, 0.1) is 16.5 Å². The van der Waals surface area contributed by atoms with E-state index in [9.17, 15) is 15.2 Å². The van der Waals surface area contributed by atoms with Gasteiger partial charge in [0.1, 0.15) is 0 Å².